The third kappa shape index (κ3) is 4.83. The third-order valence-corrected chi connectivity index (χ3v) is 3.68. The highest BCUT2D eigenvalue weighted by Gasteiger charge is 2.10. The SMILES string of the molecule is CCNCc1ccc(N(CC)CC(C)CC)nc1C. The summed E-state index contributed by atoms with van der Waals surface area (Å²) >= 11 is 0. The topological polar surface area (TPSA) is 28.2 Å². The first kappa shape index (κ1) is 16.0. The first-order valence-electron chi connectivity index (χ1n) is 7.54. The Morgan fingerprint density at radius 2 is 2.00 bits per heavy atom. The van der Waals surface area contributed by atoms with E-state index in [9.17, 15) is 0 Å². The van der Waals surface area contributed by atoms with E-state index in [2.05, 4.69) is 57.0 Å². The lowest BCUT2D eigenvalue weighted by Gasteiger charge is -2.25. The first-order chi connectivity index (χ1) is 9.12. The van der Waals surface area contributed by atoms with Gasteiger partial charge in [0.1, 0.15) is 5.82 Å². The Hall–Kier alpha value is -1.09. The quantitative estimate of drug-likeness (QED) is 0.779. The number of aromatic nitrogens is 1. The summed E-state index contributed by atoms with van der Waals surface area (Å²) < 4.78 is 0. The highest BCUT2D eigenvalue weighted by molar-refractivity contribution is 5.41. The van der Waals surface area contributed by atoms with Gasteiger partial charge in [-0.3, -0.25) is 0 Å². The molecule has 1 atom stereocenters. The minimum absolute atomic E-state index is 0.712. The molecule has 3 nitrogen and oxygen atoms in total. The zero-order valence-electron chi connectivity index (χ0n) is 13.2. The normalized spacial score (nSPS) is 12.5. The maximum atomic E-state index is 4.77. The molecule has 108 valence electrons. The van der Waals surface area contributed by atoms with Crippen LogP contribution in [0.25, 0.3) is 0 Å². The van der Waals surface area contributed by atoms with E-state index < -0.39 is 0 Å². The van der Waals surface area contributed by atoms with Crippen molar-refractivity contribution in [3.05, 3.63) is 23.4 Å². The molecule has 0 amide bonds. The van der Waals surface area contributed by atoms with Gasteiger partial charge in [0.25, 0.3) is 0 Å². The predicted molar refractivity (Wildman–Crippen MR) is 83.7 cm³/mol. The summed E-state index contributed by atoms with van der Waals surface area (Å²) in [6.07, 6.45) is 1.22. The molecule has 0 saturated carbocycles. The second-order valence-corrected chi connectivity index (χ2v) is 5.25. The molecule has 0 aliphatic carbocycles. The van der Waals surface area contributed by atoms with Gasteiger partial charge in [-0.2, -0.15) is 0 Å². The summed E-state index contributed by atoms with van der Waals surface area (Å²) in [5.41, 5.74) is 2.44. The molecule has 0 aromatic carbocycles. The first-order valence-corrected chi connectivity index (χ1v) is 7.54. The van der Waals surface area contributed by atoms with E-state index in [0.717, 1.165) is 37.7 Å². The summed E-state index contributed by atoms with van der Waals surface area (Å²) in [5, 5.41) is 3.36. The van der Waals surface area contributed by atoms with Crippen LogP contribution < -0.4 is 10.2 Å². The van der Waals surface area contributed by atoms with Gasteiger partial charge in [-0.05, 0) is 37.9 Å². The summed E-state index contributed by atoms with van der Waals surface area (Å²) in [6.45, 7) is 15.0. The molecular formula is C16H29N3. The van der Waals surface area contributed by atoms with Crippen molar-refractivity contribution in [1.82, 2.24) is 10.3 Å². The molecule has 0 spiro atoms. The summed E-state index contributed by atoms with van der Waals surface area (Å²) in [4.78, 5) is 7.14. The lowest BCUT2D eigenvalue weighted by atomic mass is 10.1. The number of hydrogen-bond donors (Lipinski definition) is 1. The van der Waals surface area contributed by atoms with E-state index in [4.69, 9.17) is 4.98 Å². The van der Waals surface area contributed by atoms with Crippen LogP contribution in [0.2, 0.25) is 0 Å². The lowest BCUT2D eigenvalue weighted by Crippen LogP contribution is -2.29. The molecule has 1 aromatic rings. The van der Waals surface area contributed by atoms with E-state index in [1.165, 1.54) is 12.0 Å². The molecule has 0 radical (unpaired) electrons. The van der Waals surface area contributed by atoms with Crippen LogP contribution in [0.5, 0.6) is 0 Å². The number of pyridine rings is 1. The minimum Gasteiger partial charge on any atom is -0.357 e. The number of nitrogens with zero attached hydrogens (tertiary/aromatic N) is 2. The Bertz CT molecular complexity index is 376. The second-order valence-electron chi connectivity index (χ2n) is 5.25. The van der Waals surface area contributed by atoms with Gasteiger partial charge in [-0.1, -0.05) is 33.3 Å². The fourth-order valence-corrected chi connectivity index (χ4v) is 2.09. The van der Waals surface area contributed by atoms with Gasteiger partial charge >= 0.3 is 0 Å². The Kier molecular flexibility index (Phi) is 6.85. The minimum atomic E-state index is 0.712. The monoisotopic (exact) mass is 263 g/mol. The van der Waals surface area contributed by atoms with E-state index in [1.54, 1.807) is 0 Å². The van der Waals surface area contributed by atoms with E-state index in [1.807, 2.05) is 0 Å². The fraction of sp³-hybridized carbons (Fsp3) is 0.688. The van der Waals surface area contributed by atoms with E-state index >= 15 is 0 Å². The molecule has 1 unspecified atom stereocenters. The summed E-state index contributed by atoms with van der Waals surface area (Å²) in [7, 11) is 0. The average Bonchev–Trinajstić information content (AvgIpc) is 2.43. The van der Waals surface area contributed by atoms with Crippen molar-refractivity contribution in [2.45, 2.75) is 47.6 Å². The lowest BCUT2D eigenvalue weighted by molar-refractivity contribution is 0.545. The van der Waals surface area contributed by atoms with Gasteiger partial charge in [-0.15, -0.1) is 0 Å². The van der Waals surface area contributed by atoms with Crippen molar-refractivity contribution < 1.29 is 0 Å². The largest absolute Gasteiger partial charge is 0.357 e. The van der Waals surface area contributed by atoms with Crippen molar-refractivity contribution in [1.29, 1.82) is 0 Å². The smallest absolute Gasteiger partial charge is 0.128 e. The van der Waals surface area contributed by atoms with Crippen molar-refractivity contribution in [3.8, 4) is 0 Å². The van der Waals surface area contributed by atoms with Gasteiger partial charge < -0.3 is 10.2 Å². The van der Waals surface area contributed by atoms with Crippen LogP contribution in [0, 0.1) is 12.8 Å². The van der Waals surface area contributed by atoms with Crippen molar-refractivity contribution >= 4 is 5.82 Å². The van der Waals surface area contributed by atoms with Crippen molar-refractivity contribution in [2.75, 3.05) is 24.5 Å². The van der Waals surface area contributed by atoms with Crippen LogP contribution in [0.3, 0.4) is 0 Å². The molecule has 1 aromatic heterocycles. The third-order valence-electron chi connectivity index (χ3n) is 3.68. The molecule has 19 heavy (non-hydrogen) atoms. The molecule has 1 N–H and O–H groups in total. The standard InChI is InChI=1S/C16H29N3/c1-6-13(4)12-19(8-3)16-10-9-15(11-17-7-2)14(5)18-16/h9-10,13,17H,6-8,11-12H2,1-5H3. The number of hydrogen-bond acceptors (Lipinski definition) is 3. The van der Waals surface area contributed by atoms with Gasteiger partial charge in [-0.25, -0.2) is 4.98 Å². The zero-order valence-corrected chi connectivity index (χ0v) is 13.2. The van der Waals surface area contributed by atoms with Crippen LogP contribution in [-0.2, 0) is 6.54 Å². The number of nitrogens with one attached hydrogen (secondary N) is 1. The maximum Gasteiger partial charge on any atom is 0.128 e. The van der Waals surface area contributed by atoms with Crippen LogP contribution in [0.15, 0.2) is 12.1 Å². The van der Waals surface area contributed by atoms with E-state index in [-0.39, 0.29) is 0 Å². The molecule has 0 saturated heterocycles. The Morgan fingerprint density at radius 1 is 1.26 bits per heavy atom. The molecule has 1 rings (SSSR count). The van der Waals surface area contributed by atoms with Gasteiger partial charge in [0, 0.05) is 25.3 Å². The van der Waals surface area contributed by atoms with Crippen molar-refractivity contribution in [3.63, 3.8) is 0 Å². The molecule has 1 heterocycles. The maximum absolute atomic E-state index is 4.77. The average molecular weight is 263 g/mol. The van der Waals surface area contributed by atoms with Crippen LogP contribution in [-0.4, -0.2) is 24.6 Å². The molecular weight excluding hydrogens is 234 g/mol. The molecule has 3 heteroatoms. The Morgan fingerprint density at radius 3 is 2.53 bits per heavy atom. The van der Waals surface area contributed by atoms with E-state index in [0.29, 0.717) is 5.92 Å². The Labute approximate surface area is 118 Å². The van der Waals surface area contributed by atoms with Crippen LogP contribution in [0.4, 0.5) is 5.82 Å². The molecule has 0 aliphatic heterocycles. The van der Waals surface area contributed by atoms with Crippen molar-refractivity contribution in [2.24, 2.45) is 5.92 Å². The second kappa shape index (κ2) is 8.16. The predicted octanol–water partition coefficient (Wildman–Crippen LogP) is 3.37. The van der Waals surface area contributed by atoms with Gasteiger partial charge in [0.15, 0.2) is 0 Å². The zero-order chi connectivity index (χ0) is 14.3. The highest BCUT2D eigenvalue weighted by atomic mass is 15.2. The molecule has 0 bridgehead atoms. The fourth-order valence-electron chi connectivity index (χ4n) is 2.09. The summed E-state index contributed by atoms with van der Waals surface area (Å²) in [5.74, 6) is 1.82. The Balaban J connectivity index is 2.79. The highest BCUT2D eigenvalue weighted by Crippen LogP contribution is 2.17. The molecule has 0 aliphatic rings. The van der Waals surface area contributed by atoms with Gasteiger partial charge in [0.05, 0.1) is 0 Å². The number of rotatable bonds is 8. The van der Waals surface area contributed by atoms with Crippen LogP contribution >= 0.6 is 0 Å². The van der Waals surface area contributed by atoms with Crippen LogP contribution in [0.1, 0.15) is 45.4 Å². The molecule has 0 fully saturated rings. The summed E-state index contributed by atoms with van der Waals surface area (Å²) in [6, 6.07) is 4.37. The number of aryl methyl sites for hydroxylation is 1. The van der Waals surface area contributed by atoms with Gasteiger partial charge in [0.2, 0.25) is 0 Å². The number of anilines is 1.